The standard InChI is InChI=1S/C9H13ClN4O2/c1-14-3-2-11-5(4-14)7-6(10)8(15)13-9(16)12-7/h5,11H,2-4H2,1H3,(H2,12,13,15,16). The molecule has 0 amide bonds. The molecule has 1 aromatic rings. The van der Waals surface area contributed by atoms with Crippen LogP contribution in [0.2, 0.25) is 5.02 Å². The Bertz CT molecular complexity index is 495. The van der Waals surface area contributed by atoms with Crippen LogP contribution in [0.25, 0.3) is 0 Å². The number of halogens is 1. The molecule has 0 bridgehead atoms. The minimum Gasteiger partial charge on any atom is -0.308 e. The fraction of sp³-hybridized carbons (Fsp3) is 0.556. The summed E-state index contributed by atoms with van der Waals surface area (Å²) in [5, 5.41) is 3.26. The van der Waals surface area contributed by atoms with E-state index in [-0.39, 0.29) is 11.1 Å². The molecule has 1 fully saturated rings. The van der Waals surface area contributed by atoms with Gasteiger partial charge in [-0.1, -0.05) is 11.6 Å². The van der Waals surface area contributed by atoms with Crippen molar-refractivity contribution in [3.05, 3.63) is 31.6 Å². The number of likely N-dealkylation sites (N-methyl/N-ethyl adjacent to an activating group) is 1. The second-order valence-corrected chi connectivity index (χ2v) is 4.28. The number of aromatic nitrogens is 2. The molecule has 1 aliphatic rings. The van der Waals surface area contributed by atoms with E-state index in [2.05, 4.69) is 20.2 Å². The lowest BCUT2D eigenvalue weighted by Crippen LogP contribution is -2.45. The van der Waals surface area contributed by atoms with Gasteiger partial charge in [0.15, 0.2) is 0 Å². The van der Waals surface area contributed by atoms with Gasteiger partial charge in [-0.2, -0.15) is 0 Å². The van der Waals surface area contributed by atoms with Crippen molar-refractivity contribution < 1.29 is 0 Å². The molecule has 1 atom stereocenters. The van der Waals surface area contributed by atoms with Crippen molar-refractivity contribution in [1.82, 2.24) is 20.2 Å². The summed E-state index contributed by atoms with van der Waals surface area (Å²) in [6, 6.07) is -0.110. The molecule has 2 heterocycles. The number of piperazine rings is 1. The summed E-state index contributed by atoms with van der Waals surface area (Å²) in [4.78, 5) is 29.3. The summed E-state index contributed by atoms with van der Waals surface area (Å²) in [5.41, 5.74) is -0.614. The normalized spacial score (nSPS) is 22.2. The zero-order chi connectivity index (χ0) is 11.7. The average molecular weight is 245 g/mol. The van der Waals surface area contributed by atoms with Crippen molar-refractivity contribution in [3.8, 4) is 0 Å². The molecule has 1 saturated heterocycles. The number of hydrogen-bond donors (Lipinski definition) is 3. The maximum absolute atomic E-state index is 11.3. The Morgan fingerprint density at radius 2 is 2.12 bits per heavy atom. The molecular weight excluding hydrogens is 232 g/mol. The van der Waals surface area contributed by atoms with E-state index in [9.17, 15) is 9.59 Å². The zero-order valence-electron chi connectivity index (χ0n) is 8.84. The average Bonchev–Trinajstić information content (AvgIpc) is 2.23. The number of H-pyrrole nitrogens is 2. The summed E-state index contributed by atoms with van der Waals surface area (Å²) in [6.45, 7) is 2.44. The van der Waals surface area contributed by atoms with E-state index in [4.69, 9.17) is 11.6 Å². The van der Waals surface area contributed by atoms with Gasteiger partial charge in [-0.3, -0.25) is 9.78 Å². The van der Waals surface area contributed by atoms with Crippen LogP contribution in [0.4, 0.5) is 0 Å². The highest BCUT2D eigenvalue weighted by Gasteiger charge is 2.22. The number of nitrogens with one attached hydrogen (secondary N) is 3. The maximum atomic E-state index is 11.3. The zero-order valence-corrected chi connectivity index (χ0v) is 9.60. The molecule has 7 heteroatoms. The van der Waals surface area contributed by atoms with E-state index in [1.54, 1.807) is 0 Å². The third kappa shape index (κ3) is 2.18. The summed E-state index contributed by atoms with van der Waals surface area (Å²) >= 11 is 5.87. The Morgan fingerprint density at radius 3 is 2.81 bits per heavy atom. The number of hydrogen-bond acceptors (Lipinski definition) is 4. The van der Waals surface area contributed by atoms with Crippen LogP contribution in [-0.2, 0) is 0 Å². The fourth-order valence-electron chi connectivity index (χ4n) is 1.82. The van der Waals surface area contributed by atoms with Crippen LogP contribution in [0.3, 0.4) is 0 Å². The van der Waals surface area contributed by atoms with E-state index in [1.165, 1.54) is 0 Å². The molecule has 6 nitrogen and oxygen atoms in total. The topological polar surface area (TPSA) is 81.0 Å². The summed E-state index contributed by atoms with van der Waals surface area (Å²) < 4.78 is 0. The van der Waals surface area contributed by atoms with Crippen LogP contribution in [0.5, 0.6) is 0 Å². The first-order valence-corrected chi connectivity index (χ1v) is 5.39. The van der Waals surface area contributed by atoms with Crippen molar-refractivity contribution >= 4 is 11.6 Å². The highest BCUT2D eigenvalue weighted by molar-refractivity contribution is 6.31. The summed E-state index contributed by atoms with van der Waals surface area (Å²) in [6.07, 6.45) is 0. The lowest BCUT2D eigenvalue weighted by molar-refractivity contribution is 0.238. The molecule has 1 unspecified atom stereocenters. The van der Waals surface area contributed by atoms with Crippen LogP contribution in [0.1, 0.15) is 11.7 Å². The Labute approximate surface area is 96.6 Å². The molecule has 3 N–H and O–H groups in total. The maximum Gasteiger partial charge on any atom is 0.326 e. The van der Waals surface area contributed by atoms with Crippen LogP contribution < -0.4 is 16.6 Å². The molecule has 16 heavy (non-hydrogen) atoms. The molecule has 2 rings (SSSR count). The third-order valence-electron chi connectivity index (χ3n) is 2.64. The van der Waals surface area contributed by atoms with Crippen LogP contribution >= 0.6 is 11.6 Å². The minimum absolute atomic E-state index is 0.0485. The van der Waals surface area contributed by atoms with Crippen LogP contribution in [-0.4, -0.2) is 41.5 Å². The predicted molar refractivity (Wildman–Crippen MR) is 60.9 cm³/mol. The SMILES string of the molecule is CN1CCNC(c2[nH]c(=O)[nH]c(=O)c2Cl)C1. The van der Waals surface area contributed by atoms with Crippen molar-refractivity contribution in [2.24, 2.45) is 0 Å². The van der Waals surface area contributed by atoms with E-state index >= 15 is 0 Å². The minimum atomic E-state index is -0.546. The summed E-state index contributed by atoms with van der Waals surface area (Å²) in [5.74, 6) is 0. The second kappa shape index (κ2) is 4.40. The molecule has 88 valence electrons. The molecule has 1 aromatic heterocycles. The smallest absolute Gasteiger partial charge is 0.308 e. The van der Waals surface area contributed by atoms with Crippen molar-refractivity contribution in [1.29, 1.82) is 0 Å². The van der Waals surface area contributed by atoms with Gasteiger partial charge in [0.2, 0.25) is 0 Å². The highest BCUT2D eigenvalue weighted by atomic mass is 35.5. The van der Waals surface area contributed by atoms with Crippen LogP contribution in [0, 0.1) is 0 Å². The molecule has 0 saturated carbocycles. The molecule has 0 aromatic carbocycles. The number of nitrogens with zero attached hydrogens (tertiary/aromatic N) is 1. The van der Waals surface area contributed by atoms with Crippen molar-refractivity contribution in [2.75, 3.05) is 26.7 Å². The lowest BCUT2D eigenvalue weighted by Gasteiger charge is -2.30. The molecular formula is C9H13ClN4O2. The van der Waals surface area contributed by atoms with E-state index in [0.29, 0.717) is 12.2 Å². The first-order valence-electron chi connectivity index (χ1n) is 5.02. The first-order chi connectivity index (χ1) is 7.58. The second-order valence-electron chi connectivity index (χ2n) is 3.90. The van der Waals surface area contributed by atoms with Gasteiger partial charge in [-0.25, -0.2) is 4.79 Å². The lowest BCUT2D eigenvalue weighted by atomic mass is 10.1. The Hall–Kier alpha value is -1.11. The monoisotopic (exact) mass is 244 g/mol. The van der Waals surface area contributed by atoms with Crippen molar-refractivity contribution in [2.45, 2.75) is 6.04 Å². The predicted octanol–water partition coefficient (Wildman–Crippen LogP) is -0.707. The quantitative estimate of drug-likeness (QED) is 0.610. The molecule has 1 aliphatic heterocycles. The van der Waals surface area contributed by atoms with Gasteiger partial charge in [0.25, 0.3) is 5.56 Å². The molecule has 0 spiro atoms. The van der Waals surface area contributed by atoms with Gasteiger partial charge < -0.3 is 15.2 Å². The fourth-order valence-corrected chi connectivity index (χ4v) is 2.05. The van der Waals surface area contributed by atoms with Gasteiger partial charge in [-0.15, -0.1) is 0 Å². The Balaban J connectivity index is 2.39. The van der Waals surface area contributed by atoms with E-state index in [0.717, 1.165) is 13.1 Å². The largest absolute Gasteiger partial charge is 0.326 e. The van der Waals surface area contributed by atoms with Gasteiger partial charge >= 0.3 is 5.69 Å². The van der Waals surface area contributed by atoms with E-state index in [1.807, 2.05) is 7.05 Å². The van der Waals surface area contributed by atoms with Gasteiger partial charge in [0.05, 0.1) is 11.7 Å². The molecule has 0 aliphatic carbocycles. The number of rotatable bonds is 1. The third-order valence-corrected chi connectivity index (χ3v) is 3.01. The molecule has 0 radical (unpaired) electrons. The van der Waals surface area contributed by atoms with Gasteiger partial charge in [0.1, 0.15) is 5.02 Å². The van der Waals surface area contributed by atoms with Crippen LogP contribution in [0.15, 0.2) is 9.59 Å². The summed E-state index contributed by atoms with van der Waals surface area (Å²) in [7, 11) is 1.98. The highest BCUT2D eigenvalue weighted by Crippen LogP contribution is 2.18. The Morgan fingerprint density at radius 1 is 1.38 bits per heavy atom. The Kier molecular flexibility index (Phi) is 3.13. The van der Waals surface area contributed by atoms with E-state index < -0.39 is 11.2 Å². The first kappa shape index (κ1) is 11.4. The van der Waals surface area contributed by atoms with Gasteiger partial charge in [-0.05, 0) is 7.05 Å². The number of aromatic amines is 2. The van der Waals surface area contributed by atoms with Gasteiger partial charge in [0, 0.05) is 19.6 Å². The van der Waals surface area contributed by atoms with Crippen molar-refractivity contribution in [3.63, 3.8) is 0 Å².